The molecule has 9 nitrogen and oxygen atoms in total. The highest BCUT2D eigenvalue weighted by Crippen LogP contribution is 2.33. The van der Waals surface area contributed by atoms with Crippen LogP contribution in [0.2, 0.25) is 5.02 Å². The van der Waals surface area contributed by atoms with Gasteiger partial charge in [0.25, 0.3) is 5.56 Å². The predicted molar refractivity (Wildman–Crippen MR) is 165 cm³/mol. The molecule has 1 aromatic carbocycles. The lowest BCUT2D eigenvalue weighted by Gasteiger charge is -2.23. The molecule has 2 aliphatic rings. The van der Waals surface area contributed by atoms with E-state index in [0.717, 1.165) is 66.9 Å². The van der Waals surface area contributed by atoms with Crippen molar-refractivity contribution < 1.29 is 4.74 Å². The molecule has 10 heteroatoms. The molecule has 0 bridgehead atoms. The molecule has 5 heterocycles. The SMILES string of the molecule is Cn1cccc1-c1cnc(-c2cc3cnc(Nc4ccc(OC5CCNCC5)cc4)nc3n(CC3CC3)c2=O)c(Cl)c1. The number of benzene rings is 1. The summed E-state index contributed by atoms with van der Waals surface area (Å²) in [5, 5.41) is 7.82. The number of anilines is 2. The molecule has 7 rings (SSSR count). The minimum absolute atomic E-state index is 0.153. The first-order valence-corrected chi connectivity index (χ1v) is 14.8. The van der Waals surface area contributed by atoms with Gasteiger partial charge in [-0.15, -0.1) is 0 Å². The molecule has 214 valence electrons. The van der Waals surface area contributed by atoms with Crippen LogP contribution in [0.5, 0.6) is 5.75 Å². The number of nitrogens with one attached hydrogen (secondary N) is 2. The third kappa shape index (κ3) is 5.49. The van der Waals surface area contributed by atoms with E-state index in [4.69, 9.17) is 21.3 Å². The number of fused-ring (bicyclic) bond motifs is 1. The molecular weight excluding hydrogens is 550 g/mol. The second-order valence-electron chi connectivity index (χ2n) is 11.2. The minimum atomic E-state index is -0.153. The fourth-order valence-corrected chi connectivity index (χ4v) is 5.77. The molecule has 1 saturated heterocycles. The van der Waals surface area contributed by atoms with Gasteiger partial charge in [0, 0.05) is 54.5 Å². The van der Waals surface area contributed by atoms with Gasteiger partial charge in [-0.25, -0.2) is 4.98 Å². The standard InChI is InChI=1S/C32H32ClN7O2/c1-39-14-2-3-28(39)21-16-27(33)29(35-17-21)26-15-22-18-36-32(38-30(22)40(31(26)41)19-20-4-5-20)37-23-6-8-24(9-7-23)42-25-10-12-34-13-11-25/h2-3,6-9,14-18,20,25,34H,4-5,10-13,19H2,1H3,(H,36,37,38). The number of nitrogens with zero attached hydrogens (tertiary/aromatic N) is 5. The zero-order valence-electron chi connectivity index (χ0n) is 23.4. The fourth-order valence-electron chi connectivity index (χ4n) is 5.51. The first-order chi connectivity index (χ1) is 20.5. The molecule has 0 amide bonds. The second kappa shape index (κ2) is 11.2. The normalized spacial score (nSPS) is 15.7. The summed E-state index contributed by atoms with van der Waals surface area (Å²) in [4.78, 5) is 27.9. The Hall–Kier alpha value is -4.21. The molecule has 0 unspecified atom stereocenters. The summed E-state index contributed by atoms with van der Waals surface area (Å²) in [5.41, 5.74) is 4.07. The van der Waals surface area contributed by atoms with E-state index in [1.54, 1.807) is 23.0 Å². The van der Waals surface area contributed by atoms with Crippen LogP contribution in [0.15, 0.2) is 71.9 Å². The third-order valence-corrected chi connectivity index (χ3v) is 8.29. The lowest BCUT2D eigenvalue weighted by Crippen LogP contribution is -2.34. The first kappa shape index (κ1) is 26.7. The highest BCUT2D eigenvalue weighted by atomic mass is 35.5. The van der Waals surface area contributed by atoms with Gasteiger partial charge in [0.05, 0.1) is 16.3 Å². The molecule has 42 heavy (non-hydrogen) atoms. The number of ether oxygens (including phenoxy) is 1. The topological polar surface area (TPSA) is 98.9 Å². The summed E-state index contributed by atoms with van der Waals surface area (Å²) in [5.74, 6) is 1.74. The molecule has 0 atom stereocenters. The first-order valence-electron chi connectivity index (χ1n) is 14.4. The monoisotopic (exact) mass is 581 g/mol. The van der Waals surface area contributed by atoms with Crippen molar-refractivity contribution in [2.75, 3.05) is 18.4 Å². The van der Waals surface area contributed by atoms with Crippen LogP contribution in [-0.2, 0) is 13.6 Å². The number of rotatable bonds is 8. The van der Waals surface area contributed by atoms with Crippen molar-refractivity contribution in [2.45, 2.75) is 38.3 Å². The van der Waals surface area contributed by atoms with E-state index < -0.39 is 0 Å². The van der Waals surface area contributed by atoms with Crippen LogP contribution >= 0.6 is 11.6 Å². The summed E-state index contributed by atoms with van der Waals surface area (Å²) in [6.45, 7) is 2.57. The molecule has 5 aromatic rings. The second-order valence-corrected chi connectivity index (χ2v) is 11.6. The molecule has 1 aliphatic heterocycles. The van der Waals surface area contributed by atoms with Gasteiger partial charge in [-0.1, -0.05) is 11.6 Å². The maximum absolute atomic E-state index is 13.9. The van der Waals surface area contributed by atoms with E-state index in [1.807, 2.05) is 60.3 Å². The Morgan fingerprint density at radius 3 is 2.57 bits per heavy atom. The minimum Gasteiger partial charge on any atom is -0.490 e. The quantitative estimate of drug-likeness (QED) is 0.239. The molecular formula is C32H32ClN7O2. The van der Waals surface area contributed by atoms with Crippen LogP contribution in [0.3, 0.4) is 0 Å². The molecule has 0 spiro atoms. The molecule has 0 radical (unpaired) electrons. The lowest BCUT2D eigenvalue weighted by molar-refractivity contribution is 0.162. The number of aryl methyl sites for hydroxylation is 1. The van der Waals surface area contributed by atoms with Crippen molar-refractivity contribution in [3.05, 3.63) is 82.5 Å². The zero-order chi connectivity index (χ0) is 28.6. The van der Waals surface area contributed by atoms with Crippen molar-refractivity contribution in [3.63, 3.8) is 0 Å². The number of hydrogen-bond acceptors (Lipinski definition) is 7. The summed E-state index contributed by atoms with van der Waals surface area (Å²) in [6.07, 6.45) is 9.95. The molecule has 4 aromatic heterocycles. The maximum atomic E-state index is 13.9. The van der Waals surface area contributed by atoms with Gasteiger partial charge in [-0.2, -0.15) is 4.98 Å². The molecule has 2 fully saturated rings. The summed E-state index contributed by atoms with van der Waals surface area (Å²) in [7, 11) is 1.97. The van der Waals surface area contributed by atoms with E-state index in [2.05, 4.69) is 20.6 Å². The average Bonchev–Trinajstić information content (AvgIpc) is 3.73. The number of aromatic nitrogens is 5. The molecule has 2 N–H and O–H groups in total. The number of halogens is 1. The largest absolute Gasteiger partial charge is 0.490 e. The smallest absolute Gasteiger partial charge is 0.261 e. The van der Waals surface area contributed by atoms with Crippen LogP contribution in [0.1, 0.15) is 25.7 Å². The molecule has 1 saturated carbocycles. The van der Waals surface area contributed by atoms with E-state index in [0.29, 0.717) is 40.3 Å². The summed E-state index contributed by atoms with van der Waals surface area (Å²) >= 11 is 6.74. The van der Waals surface area contributed by atoms with E-state index in [9.17, 15) is 4.79 Å². The summed E-state index contributed by atoms with van der Waals surface area (Å²) in [6, 6.07) is 15.5. The van der Waals surface area contributed by atoms with E-state index >= 15 is 0 Å². The van der Waals surface area contributed by atoms with Crippen molar-refractivity contribution >= 4 is 34.3 Å². The van der Waals surface area contributed by atoms with Crippen molar-refractivity contribution in [1.29, 1.82) is 0 Å². The van der Waals surface area contributed by atoms with Crippen LogP contribution in [-0.4, -0.2) is 43.3 Å². The zero-order valence-corrected chi connectivity index (χ0v) is 24.1. The van der Waals surface area contributed by atoms with Crippen LogP contribution in [0.4, 0.5) is 11.6 Å². The van der Waals surface area contributed by atoms with E-state index in [1.165, 1.54) is 0 Å². The van der Waals surface area contributed by atoms with Crippen LogP contribution < -0.4 is 20.9 Å². The van der Waals surface area contributed by atoms with Crippen molar-refractivity contribution in [3.8, 4) is 28.3 Å². The van der Waals surface area contributed by atoms with E-state index in [-0.39, 0.29) is 11.7 Å². The van der Waals surface area contributed by atoms with Crippen molar-refractivity contribution in [1.82, 2.24) is 29.4 Å². The lowest BCUT2D eigenvalue weighted by atomic mass is 10.1. The van der Waals surface area contributed by atoms with Gasteiger partial charge in [-0.05, 0) is 93.2 Å². The Morgan fingerprint density at radius 2 is 1.86 bits per heavy atom. The Balaban J connectivity index is 1.19. The Kier molecular flexibility index (Phi) is 7.13. The highest BCUT2D eigenvalue weighted by molar-refractivity contribution is 6.33. The molecule has 1 aliphatic carbocycles. The number of hydrogen-bond donors (Lipinski definition) is 2. The van der Waals surface area contributed by atoms with Crippen LogP contribution in [0.25, 0.3) is 33.5 Å². The van der Waals surface area contributed by atoms with Gasteiger partial charge >= 0.3 is 0 Å². The fraction of sp³-hybridized carbons (Fsp3) is 0.312. The van der Waals surface area contributed by atoms with Crippen LogP contribution in [0, 0.1) is 5.92 Å². The summed E-state index contributed by atoms with van der Waals surface area (Å²) < 4.78 is 9.89. The van der Waals surface area contributed by atoms with Gasteiger partial charge in [0.2, 0.25) is 5.95 Å². The maximum Gasteiger partial charge on any atom is 0.261 e. The Labute approximate surface area is 248 Å². The number of pyridine rings is 2. The number of piperidine rings is 1. The highest BCUT2D eigenvalue weighted by Gasteiger charge is 2.25. The average molecular weight is 582 g/mol. The van der Waals surface area contributed by atoms with Crippen molar-refractivity contribution in [2.24, 2.45) is 13.0 Å². The third-order valence-electron chi connectivity index (χ3n) is 8.00. The Morgan fingerprint density at radius 1 is 1.05 bits per heavy atom. The van der Waals surface area contributed by atoms with Gasteiger partial charge in [0.1, 0.15) is 17.5 Å². The van der Waals surface area contributed by atoms with Gasteiger partial charge in [0.15, 0.2) is 0 Å². The predicted octanol–water partition coefficient (Wildman–Crippen LogP) is 5.80. The van der Waals surface area contributed by atoms with Gasteiger partial charge < -0.3 is 19.9 Å². The van der Waals surface area contributed by atoms with Gasteiger partial charge in [-0.3, -0.25) is 14.3 Å². The Bertz CT molecular complexity index is 1800.